The number of benzene rings is 1. The Morgan fingerprint density at radius 1 is 1.14 bits per heavy atom. The van der Waals surface area contributed by atoms with E-state index in [1.165, 1.54) is 0 Å². The van der Waals surface area contributed by atoms with Crippen molar-refractivity contribution < 1.29 is 14.7 Å². The van der Waals surface area contributed by atoms with E-state index >= 15 is 0 Å². The standard InChI is InChI=1S/C15H19ClN2O3/c16-11-3-5-12(6-4-11)18-14(20)10-17-13(19)9-15(21)7-1-2-8-15/h3-6,21H,1-2,7-10H2,(H,17,19)(H,18,20). The summed E-state index contributed by atoms with van der Waals surface area (Å²) in [6.45, 7) is -0.114. The number of nitrogens with one attached hydrogen (secondary N) is 2. The Balaban J connectivity index is 1.73. The summed E-state index contributed by atoms with van der Waals surface area (Å²) in [5, 5.41) is 15.9. The average Bonchev–Trinajstić information content (AvgIpc) is 2.85. The van der Waals surface area contributed by atoms with Gasteiger partial charge >= 0.3 is 0 Å². The highest BCUT2D eigenvalue weighted by Crippen LogP contribution is 2.32. The van der Waals surface area contributed by atoms with Gasteiger partial charge in [0.15, 0.2) is 0 Å². The molecular weight excluding hydrogens is 292 g/mol. The van der Waals surface area contributed by atoms with Gasteiger partial charge in [0.1, 0.15) is 0 Å². The van der Waals surface area contributed by atoms with Crippen LogP contribution in [0, 0.1) is 0 Å². The smallest absolute Gasteiger partial charge is 0.243 e. The third-order valence-electron chi connectivity index (χ3n) is 3.60. The third-order valence-corrected chi connectivity index (χ3v) is 3.85. The lowest BCUT2D eigenvalue weighted by atomic mass is 9.98. The average molecular weight is 311 g/mol. The van der Waals surface area contributed by atoms with Crippen LogP contribution in [0.2, 0.25) is 5.02 Å². The number of carbonyl (C=O) groups excluding carboxylic acids is 2. The minimum atomic E-state index is -0.892. The van der Waals surface area contributed by atoms with E-state index in [2.05, 4.69) is 10.6 Å². The molecule has 1 aliphatic carbocycles. The molecule has 0 bridgehead atoms. The van der Waals surface area contributed by atoms with E-state index in [9.17, 15) is 14.7 Å². The van der Waals surface area contributed by atoms with E-state index in [1.54, 1.807) is 24.3 Å². The lowest BCUT2D eigenvalue weighted by Crippen LogP contribution is -2.38. The number of halogens is 1. The van der Waals surface area contributed by atoms with Gasteiger partial charge in [0, 0.05) is 10.7 Å². The Bertz CT molecular complexity index is 510. The first-order valence-electron chi connectivity index (χ1n) is 7.01. The van der Waals surface area contributed by atoms with Gasteiger partial charge in [0.2, 0.25) is 11.8 Å². The van der Waals surface area contributed by atoms with Crippen LogP contribution in [-0.4, -0.2) is 29.1 Å². The fourth-order valence-electron chi connectivity index (χ4n) is 2.49. The van der Waals surface area contributed by atoms with Gasteiger partial charge in [0.25, 0.3) is 0 Å². The van der Waals surface area contributed by atoms with E-state index in [0.29, 0.717) is 23.6 Å². The molecule has 0 heterocycles. The summed E-state index contributed by atoms with van der Waals surface area (Å²) in [6, 6.07) is 6.71. The second-order valence-corrected chi connectivity index (χ2v) is 5.88. The number of anilines is 1. The maximum absolute atomic E-state index is 11.7. The van der Waals surface area contributed by atoms with E-state index in [4.69, 9.17) is 11.6 Å². The number of hydrogen-bond acceptors (Lipinski definition) is 3. The molecule has 1 aliphatic rings. The summed E-state index contributed by atoms with van der Waals surface area (Å²) < 4.78 is 0. The van der Waals surface area contributed by atoms with Gasteiger partial charge in [-0.2, -0.15) is 0 Å². The van der Waals surface area contributed by atoms with Crippen molar-refractivity contribution in [2.75, 3.05) is 11.9 Å². The van der Waals surface area contributed by atoms with Crippen LogP contribution in [0.3, 0.4) is 0 Å². The fraction of sp³-hybridized carbons (Fsp3) is 0.467. The number of carbonyl (C=O) groups is 2. The Hall–Kier alpha value is -1.59. The lowest BCUT2D eigenvalue weighted by Gasteiger charge is -2.20. The zero-order valence-corrected chi connectivity index (χ0v) is 12.4. The molecule has 0 atom stereocenters. The zero-order valence-electron chi connectivity index (χ0n) is 11.7. The Labute approximate surface area is 128 Å². The highest BCUT2D eigenvalue weighted by molar-refractivity contribution is 6.30. The van der Waals surface area contributed by atoms with Gasteiger partial charge in [-0.15, -0.1) is 0 Å². The molecule has 0 saturated heterocycles. The van der Waals surface area contributed by atoms with Crippen molar-refractivity contribution in [2.24, 2.45) is 0 Å². The largest absolute Gasteiger partial charge is 0.389 e. The molecule has 2 amide bonds. The second-order valence-electron chi connectivity index (χ2n) is 5.44. The molecule has 1 aromatic rings. The first-order chi connectivity index (χ1) is 9.97. The maximum Gasteiger partial charge on any atom is 0.243 e. The van der Waals surface area contributed by atoms with Crippen molar-refractivity contribution in [2.45, 2.75) is 37.7 Å². The maximum atomic E-state index is 11.7. The molecule has 0 spiro atoms. The van der Waals surface area contributed by atoms with Crippen LogP contribution in [-0.2, 0) is 9.59 Å². The van der Waals surface area contributed by atoms with E-state index < -0.39 is 5.60 Å². The first kappa shape index (κ1) is 15.8. The molecule has 3 N–H and O–H groups in total. The van der Waals surface area contributed by atoms with Gasteiger partial charge < -0.3 is 15.7 Å². The molecule has 2 rings (SSSR count). The highest BCUT2D eigenvalue weighted by Gasteiger charge is 2.33. The van der Waals surface area contributed by atoms with E-state index in [-0.39, 0.29) is 24.8 Å². The number of amides is 2. The van der Waals surface area contributed by atoms with E-state index in [1.807, 2.05) is 0 Å². The Morgan fingerprint density at radius 3 is 2.38 bits per heavy atom. The van der Waals surface area contributed by atoms with Crippen LogP contribution < -0.4 is 10.6 Å². The van der Waals surface area contributed by atoms with Crippen LogP contribution in [0.4, 0.5) is 5.69 Å². The molecule has 0 unspecified atom stereocenters. The van der Waals surface area contributed by atoms with Crippen LogP contribution in [0.25, 0.3) is 0 Å². The van der Waals surface area contributed by atoms with Crippen molar-refractivity contribution in [3.8, 4) is 0 Å². The molecule has 0 radical (unpaired) electrons. The van der Waals surface area contributed by atoms with Crippen LogP contribution in [0.15, 0.2) is 24.3 Å². The van der Waals surface area contributed by atoms with E-state index in [0.717, 1.165) is 12.8 Å². The van der Waals surface area contributed by atoms with Gasteiger partial charge in [-0.3, -0.25) is 9.59 Å². The number of aliphatic hydroxyl groups is 1. The van der Waals surface area contributed by atoms with Crippen molar-refractivity contribution in [3.63, 3.8) is 0 Å². The molecule has 5 nitrogen and oxygen atoms in total. The molecule has 6 heteroatoms. The quantitative estimate of drug-likeness (QED) is 0.779. The van der Waals surface area contributed by atoms with Crippen LogP contribution in [0.1, 0.15) is 32.1 Å². The third kappa shape index (κ3) is 5.02. The Morgan fingerprint density at radius 2 is 1.76 bits per heavy atom. The van der Waals surface area contributed by atoms with Crippen molar-refractivity contribution in [1.29, 1.82) is 0 Å². The first-order valence-corrected chi connectivity index (χ1v) is 7.39. The second kappa shape index (κ2) is 6.91. The highest BCUT2D eigenvalue weighted by atomic mass is 35.5. The summed E-state index contributed by atoms with van der Waals surface area (Å²) in [7, 11) is 0. The summed E-state index contributed by atoms with van der Waals surface area (Å²) in [5.74, 6) is -0.616. The van der Waals surface area contributed by atoms with Gasteiger partial charge in [0.05, 0.1) is 18.6 Å². The molecule has 21 heavy (non-hydrogen) atoms. The molecular formula is C15H19ClN2O3. The molecule has 0 aromatic heterocycles. The summed E-state index contributed by atoms with van der Waals surface area (Å²) >= 11 is 5.75. The SMILES string of the molecule is O=C(CC1(O)CCCC1)NCC(=O)Nc1ccc(Cl)cc1. The van der Waals surface area contributed by atoms with Gasteiger partial charge in [-0.25, -0.2) is 0 Å². The minimum absolute atomic E-state index is 0.0568. The van der Waals surface area contributed by atoms with Crippen molar-refractivity contribution in [1.82, 2.24) is 5.32 Å². The van der Waals surface area contributed by atoms with Crippen molar-refractivity contribution in [3.05, 3.63) is 29.3 Å². The molecule has 1 fully saturated rings. The normalized spacial score (nSPS) is 16.5. The fourth-order valence-corrected chi connectivity index (χ4v) is 2.61. The van der Waals surface area contributed by atoms with Crippen LogP contribution >= 0.6 is 11.6 Å². The predicted molar refractivity (Wildman–Crippen MR) is 81.1 cm³/mol. The Kier molecular flexibility index (Phi) is 5.20. The monoisotopic (exact) mass is 310 g/mol. The minimum Gasteiger partial charge on any atom is -0.389 e. The summed E-state index contributed by atoms with van der Waals surface area (Å²) in [4.78, 5) is 23.4. The van der Waals surface area contributed by atoms with Gasteiger partial charge in [-0.1, -0.05) is 24.4 Å². The van der Waals surface area contributed by atoms with Crippen LogP contribution in [0.5, 0.6) is 0 Å². The number of hydrogen-bond donors (Lipinski definition) is 3. The summed E-state index contributed by atoms with van der Waals surface area (Å²) in [6.07, 6.45) is 3.25. The molecule has 1 saturated carbocycles. The van der Waals surface area contributed by atoms with Crippen molar-refractivity contribution >= 4 is 29.1 Å². The molecule has 114 valence electrons. The summed E-state index contributed by atoms with van der Waals surface area (Å²) in [5.41, 5.74) is -0.274. The zero-order chi connectivity index (χ0) is 15.3. The predicted octanol–water partition coefficient (Wildman–Crippen LogP) is 2.09. The molecule has 1 aromatic carbocycles. The lowest BCUT2D eigenvalue weighted by molar-refractivity contribution is -0.128. The molecule has 0 aliphatic heterocycles. The van der Waals surface area contributed by atoms with Gasteiger partial charge in [-0.05, 0) is 37.1 Å². The topological polar surface area (TPSA) is 78.4 Å². The number of rotatable bonds is 5.